The minimum Gasteiger partial charge on any atom is -0.308 e. The van der Waals surface area contributed by atoms with Gasteiger partial charge in [-0.05, 0) is 29.8 Å². The van der Waals surface area contributed by atoms with E-state index in [-0.39, 0.29) is 5.84 Å². The smallest absolute Gasteiger partial charge is 0.308 e. The fraction of sp³-hybridized carbons (Fsp3) is 0.111. The van der Waals surface area contributed by atoms with E-state index in [4.69, 9.17) is 10.9 Å². The lowest BCUT2D eigenvalue weighted by molar-refractivity contribution is 0.262. The second kappa shape index (κ2) is 8.54. The Kier molecular flexibility index (Phi) is 5.70. The molecule has 0 bridgehead atoms. The zero-order valence-corrected chi connectivity index (χ0v) is 15.1. The highest BCUT2D eigenvalue weighted by Crippen LogP contribution is 2.14. The van der Waals surface area contributed by atoms with Gasteiger partial charge in [-0.15, -0.1) is 5.10 Å². The van der Waals surface area contributed by atoms with Gasteiger partial charge >= 0.3 is 6.03 Å². The summed E-state index contributed by atoms with van der Waals surface area (Å²) in [7, 11) is 1.51. The van der Waals surface area contributed by atoms with E-state index < -0.39 is 6.03 Å². The van der Waals surface area contributed by atoms with Gasteiger partial charge in [0.2, 0.25) is 0 Å². The van der Waals surface area contributed by atoms with Crippen LogP contribution in [0.1, 0.15) is 11.1 Å². The Morgan fingerprint density at radius 2 is 1.93 bits per heavy atom. The molecule has 0 radical (unpaired) electrons. The number of aromatic nitrogens is 3. The van der Waals surface area contributed by atoms with E-state index in [0.717, 1.165) is 10.6 Å². The molecular weight excluding hydrogens is 358 g/mol. The van der Waals surface area contributed by atoms with Crippen LogP contribution in [0.25, 0.3) is 0 Å². The topological polar surface area (TPSA) is 135 Å². The fourth-order valence-electron chi connectivity index (χ4n) is 2.47. The molecule has 3 aromatic rings. The van der Waals surface area contributed by atoms with Crippen LogP contribution < -0.4 is 10.6 Å². The highest BCUT2D eigenvalue weighted by atomic mass is 16.2. The summed E-state index contributed by atoms with van der Waals surface area (Å²) in [6.07, 6.45) is 3.40. The van der Waals surface area contributed by atoms with Crippen molar-refractivity contribution in [2.75, 3.05) is 17.7 Å². The van der Waals surface area contributed by atoms with Crippen molar-refractivity contribution in [3.8, 4) is 0 Å². The first kappa shape index (κ1) is 18.7. The van der Waals surface area contributed by atoms with Crippen LogP contribution in [0, 0.1) is 10.9 Å². The normalized spacial score (nSPS) is 10.2. The number of carbonyl (C=O) groups is 1. The van der Waals surface area contributed by atoms with E-state index in [9.17, 15) is 4.79 Å². The predicted molar refractivity (Wildman–Crippen MR) is 104 cm³/mol. The molecule has 0 atom stereocenters. The number of hydrogen-bond donors (Lipinski definition) is 4. The lowest BCUT2D eigenvalue weighted by atomic mass is 10.2. The summed E-state index contributed by atoms with van der Waals surface area (Å²) in [6, 6.07) is 13.8. The van der Waals surface area contributed by atoms with Crippen LogP contribution in [-0.4, -0.2) is 38.9 Å². The van der Waals surface area contributed by atoms with E-state index in [0.29, 0.717) is 23.5 Å². The summed E-state index contributed by atoms with van der Waals surface area (Å²) in [5.41, 5.74) is 9.72. The fourth-order valence-corrected chi connectivity index (χ4v) is 2.47. The predicted octanol–water partition coefficient (Wildman–Crippen LogP) is 3.17. The van der Waals surface area contributed by atoms with Gasteiger partial charge in [0.1, 0.15) is 5.84 Å². The molecule has 0 aliphatic carbocycles. The SMILES string of the molecule is CN(N=N)C(=N)c1cccc(NC(=O)Nc2ccc(Cn3ccnn3)cc2)c1. The van der Waals surface area contributed by atoms with E-state index in [1.54, 1.807) is 41.3 Å². The minimum atomic E-state index is -0.397. The zero-order chi connectivity index (χ0) is 19.9. The first-order valence-corrected chi connectivity index (χ1v) is 8.36. The van der Waals surface area contributed by atoms with E-state index in [1.807, 2.05) is 24.3 Å². The molecule has 10 nitrogen and oxygen atoms in total. The van der Waals surface area contributed by atoms with Crippen molar-refractivity contribution in [2.24, 2.45) is 5.22 Å². The first-order chi connectivity index (χ1) is 13.5. The maximum atomic E-state index is 12.2. The number of nitrogens with zero attached hydrogens (tertiary/aromatic N) is 5. The number of amides is 2. The molecule has 0 spiro atoms. The zero-order valence-electron chi connectivity index (χ0n) is 15.1. The number of rotatable bonds is 6. The maximum Gasteiger partial charge on any atom is 0.323 e. The average Bonchev–Trinajstić information content (AvgIpc) is 3.21. The van der Waals surface area contributed by atoms with Gasteiger partial charge in [-0.1, -0.05) is 34.7 Å². The molecule has 1 heterocycles. The number of urea groups is 1. The third kappa shape index (κ3) is 4.75. The average molecular weight is 377 g/mol. The Labute approximate surface area is 161 Å². The Bertz CT molecular complexity index is 967. The van der Waals surface area contributed by atoms with Gasteiger partial charge in [-0.25, -0.2) is 14.5 Å². The number of nitrogens with one attached hydrogen (secondary N) is 4. The molecule has 0 aliphatic heterocycles. The van der Waals surface area contributed by atoms with Crippen molar-refractivity contribution in [3.05, 3.63) is 72.1 Å². The maximum absolute atomic E-state index is 12.2. The van der Waals surface area contributed by atoms with Crippen LogP contribution in [-0.2, 0) is 6.54 Å². The molecule has 1 aromatic heterocycles. The van der Waals surface area contributed by atoms with Gasteiger partial charge in [0.15, 0.2) is 0 Å². The third-order valence-electron chi connectivity index (χ3n) is 3.90. The third-order valence-corrected chi connectivity index (χ3v) is 3.90. The molecule has 0 unspecified atom stereocenters. The number of carbonyl (C=O) groups excluding carboxylic acids is 1. The highest BCUT2D eigenvalue weighted by molar-refractivity contribution is 6.01. The quantitative estimate of drug-likeness (QED) is 0.227. The molecule has 0 saturated heterocycles. The van der Waals surface area contributed by atoms with E-state index in [1.165, 1.54) is 7.05 Å². The highest BCUT2D eigenvalue weighted by Gasteiger charge is 2.09. The van der Waals surface area contributed by atoms with Crippen LogP contribution in [0.4, 0.5) is 16.2 Å². The van der Waals surface area contributed by atoms with Crippen molar-refractivity contribution < 1.29 is 4.79 Å². The number of amidine groups is 1. The van der Waals surface area contributed by atoms with Gasteiger partial charge in [-0.2, -0.15) is 5.53 Å². The second-order valence-electron chi connectivity index (χ2n) is 5.93. The molecule has 2 amide bonds. The molecule has 4 N–H and O–H groups in total. The summed E-state index contributed by atoms with van der Waals surface area (Å²) < 4.78 is 1.71. The van der Waals surface area contributed by atoms with Gasteiger partial charge in [0, 0.05) is 30.2 Å². The molecular formula is C18H19N9O. The summed E-state index contributed by atoms with van der Waals surface area (Å²) in [5.74, 6) is 0.0574. The van der Waals surface area contributed by atoms with Gasteiger partial charge in [0.05, 0.1) is 12.7 Å². The number of benzene rings is 2. The summed E-state index contributed by atoms with van der Waals surface area (Å²) in [5, 5.41) is 25.4. The lowest BCUT2D eigenvalue weighted by Gasteiger charge is -2.13. The minimum absolute atomic E-state index is 0.0574. The standard InChI is InChI=1S/C18H19N9O/c1-26(24-20)17(19)14-3-2-4-16(11-14)23-18(28)22-15-7-5-13(6-8-15)12-27-10-9-21-25-27/h2-11,19-20H,12H2,1H3,(H2,22,23,28). The summed E-state index contributed by atoms with van der Waals surface area (Å²) in [6.45, 7) is 0.601. The van der Waals surface area contributed by atoms with Crippen molar-refractivity contribution >= 4 is 23.2 Å². The Morgan fingerprint density at radius 3 is 2.61 bits per heavy atom. The van der Waals surface area contributed by atoms with Crippen LogP contribution in [0.2, 0.25) is 0 Å². The Morgan fingerprint density at radius 1 is 1.18 bits per heavy atom. The van der Waals surface area contributed by atoms with Crippen molar-refractivity contribution in [2.45, 2.75) is 6.54 Å². The number of anilines is 2. The molecule has 0 fully saturated rings. The van der Waals surface area contributed by atoms with Crippen LogP contribution >= 0.6 is 0 Å². The largest absolute Gasteiger partial charge is 0.323 e. The Hall–Kier alpha value is -4.08. The van der Waals surface area contributed by atoms with Crippen molar-refractivity contribution in [1.29, 1.82) is 10.9 Å². The summed E-state index contributed by atoms with van der Waals surface area (Å²) >= 11 is 0. The first-order valence-electron chi connectivity index (χ1n) is 8.36. The van der Waals surface area contributed by atoms with Crippen molar-refractivity contribution in [1.82, 2.24) is 20.0 Å². The second-order valence-corrected chi connectivity index (χ2v) is 5.93. The molecule has 10 heteroatoms. The molecule has 0 aliphatic rings. The molecule has 3 rings (SSSR count). The Balaban J connectivity index is 1.59. The molecule has 0 saturated carbocycles. The monoisotopic (exact) mass is 377 g/mol. The molecule has 28 heavy (non-hydrogen) atoms. The van der Waals surface area contributed by atoms with Crippen LogP contribution in [0.3, 0.4) is 0 Å². The van der Waals surface area contributed by atoms with Gasteiger partial charge < -0.3 is 10.6 Å². The van der Waals surface area contributed by atoms with Gasteiger partial charge in [0.25, 0.3) is 0 Å². The molecule has 2 aromatic carbocycles. The van der Waals surface area contributed by atoms with E-state index >= 15 is 0 Å². The van der Waals surface area contributed by atoms with Gasteiger partial charge in [-0.3, -0.25) is 5.41 Å². The van der Waals surface area contributed by atoms with Crippen LogP contribution in [0.5, 0.6) is 0 Å². The number of hydrogen-bond acceptors (Lipinski definition) is 6. The van der Waals surface area contributed by atoms with Crippen molar-refractivity contribution in [3.63, 3.8) is 0 Å². The summed E-state index contributed by atoms with van der Waals surface area (Å²) in [4.78, 5) is 12.2. The van der Waals surface area contributed by atoms with E-state index in [2.05, 4.69) is 26.2 Å². The van der Waals surface area contributed by atoms with Crippen LogP contribution in [0.15, 0.2) is 66.1 Å². The lowest BCUT2D eigenvalue weighted by Crippen LogP contribution is -2.22. The molecule has 142 valence electrons.